The van der Waals surface area contributed by atoms with Crippen molar-refractivity contribution in [1.82, 2.24) is 0 Å². The van der Waals surface area contributed by atoms with Crippen molar-refractivity contribution in [2.24, 2.45) is 5.16 Å². The SMILES string of the molecule is O/N=C(\Cl)c1c(F)c(F)c(F)c(F)c1F. The summed E-state index contributed by atoms with van der Waals surface area (Å²) < 4.78 is 63.3. The lowest BCUT2D eigenvalue weighted by atomic mass is 10.2. The molecule has 0 fully saturated rings. The maximum atomic E-state index is 12.8. The van der Waals surface area contributed by atoms with Crippen molar-refractivity contribution < 1.29 is 27.2 Å². The van der Waals surface area contributed by atoms with E-state index >= 15 is 0 Å². The lowest BCUT2D eigenvalue weighted by molar-refractivity contribution is 0.319. The molecule has 1 N–H and O–H groups in total. The molecule has 1 aromatic rings. The molecule has 0 aliphatic heterocycles. The summed E-state index contributed by atoms with van der Waals surface area (Å²) >= 11 is 4.96. The molecule has 0 aromatic heterocycles. The Kier molecular flexibility index (Phi) is 3.13. The Labute approximate surface area is 84.6 Å². The first-order chi connectivity index (χ1) is 6.91. The molecule has 0 bridgehead atoms. The highest BCUT2D eigenvalue weighted by Gasteiger charge is 2.28. The predicted octanol–water partition coefficient (Wildman–Crippen LogP) is 2.76. The van der Waals surface area contributed by atoms with E-state index in [0.717, 1.165) is 0 Å². The van der Waals surface area contributed by atoms with Gasteiger partial charge in [-0.1, -0.05) is 16.8 Å². The number of oxime groups is 1. The van der Waals surface area contributed by atoms with E-state index in [0.29, 0.717) is 0 Å². The van der Waals surface area contributed by atoms with E-state index in [9.17, 15) is 22.0 Å². The Bertz CT molecular complexity index is 418. The summed E-state index contributed by atoms with van der Waals surface area (Å²) in [6.07, 6.45) is 0. The van der Waals surface area contributed by atoms with Crippen LogP contribution < -0.4 is 0 Å². The largest absolute Gasteiger partial charge is 0.410 e. The highest BCUT2D eigenvalue weighted by Crippen LogP contribution is 2.24. The van der Waals surface area contributed by atoms with Gasteiger partial charge in [0.15, 0.2) is 28.4 Å². The second kappa shape index (κ2) is 4.01. The van der Waals surface area contributed by atoms with Gasteiger partial charge in [-0.2, -0.15) is 0 Å². The van der Waals surface area contributed by atoms with E-state index in [2.05, 4.69) is 5.16 Å². The second-order valence-electron chi connectivity index (χ2n) is 2.34. The second-order valence-corrected chi connectivity index (χ2v) is 2.69. The Hall–Kier alpha value is -1.37. The number of hydrogen-bond acceptors (Lipinski definition) is 2. The van der Waals surface area contributed by atoms with Crippen molar-refractivity contribution in [3.63, 3.8) is 0 Å². The van der Waals surface area contributed by atoms with Gasteiger partial charge < -0.3 is 5.21 Å². The minimum absolute atomic E-state index is 1.23. The van der Waals surface area contributed by atoms with E-state index in [1.165, 1.54) is 0 Å². The van der Waals surface area contributed by atoms with Gasteiger partial charge in [0.1, 0.15) is 0 Å². The standard InChI is InChI=1S/C7HClF5NO/c8-7(14-15)1-2(9)4(11)6(13)5(12)3(1)10/h15H/b14-7-. The van der Waals surface area contributed by atoms with Crippen LogP contribution in [0, 0.1) is 29.1 Å². The van der Waals surface area contributed by atoms with Crippen LogP contribution in [0.3, 0.4) is 0 Å². The summed E-state index contributed by atoms with van der Waals surface area (Å²) in [7, 11) is 0. The quantitative estimate of drug-likeness (QED) is 0.202. The van der Waals surface area contributed by atoms with E-state index in [1.54, 1.807) is 0 Å². The number of rotatable bonds is 1. The van der Waals surface area contributed by atoms with E-state index in [-0.39, 0.29) is 0 Å². The first-order valence-corrected chi connectivity index (χ1v) is 3.69. The Morgan fingerprint density at radius 3 is 1.53 bits per heavy atom. The summed E-state index contributed by atoms with van der Waals surface area (Å²) in [6.45, 7) is 0. The average molecular weight is 246 g/mol. The lowest BCUT2D eigenvalue weighted by Crippen LogP contribution is -2.09. The van der Waals surface area contributed by atoms with Crippen LogP contribution in [0.1, 0.15) is 5.56 Å². The van der Waals surface area contributed by atoms with Gasteiger partial charge in [0.05, 0.1) is 5.56 Å². The van der Waals surface area contributed by atoms with Gasteiger partial charge in [0, 0.05) is 0 Å². The van der Waals surface area contributed by atoms with Crippen LogP contribution >= 0.6 is 11.6 Å². The fourth-order valence-corrected chi connectivity index (χ4v) is 1.00. The van der Waals surface area contributed by atoms with Gasteiger partial charge in [-0.15, -0.1) is 0 Å². The molecule has 0 atom stereocenters. The lowest BCUT2D eigenvalue weighted by Gasteiger charge is -2.04. The summed E-state index contributed by atoms with van der Waals surface area (Å²) in [5, 5.41) is 8.98. The molecular weight excluding hydrogens is 245 g/mol. The van der Waals surface area contributed by atoms with E-state index in [4.69, 9.17) is 16.8 Å². The number of hydrogen-bond donors (Lipinski definition) is 1. The van der Waals surface area contributed by atoms with E-state index < -0.39 is 39.8 Å². The number of benzene rings is 1. The predicted molar refractivity (Wildman–Crippen MR) is 40.4 cm³/mol. The molecule has 0 aliphatic rings. The summed E-state index contributed by atoms with van der Waals surface area (Å²) in [5.41, 5.74) is -1.48. The highest BCUT2D eigenvalue weighted by atomic mass is 35.5. The third-order valence-electron chi connectivity index (χ3n) is 1.50. The van der Waals surface area contributed by atoms with Gasteiger partial charge in [-0.25, -0.2) is 22.0 Å². The van der Waals surface area contributed by atoms with Crippen molar-refractivity contribution in [2.75, 3.05) is 0 Å². The highest BCUT2D eigenvalue weighted by molar-refractivity contribution is 6.69. The summed E-state index contributed by atoms with van der Waals surface area (Å²) in [5.74, 6) is -10.9. The maximum Gasteiger partial charge on any atom is 0.200 e. The number of nitrogens with zero attached hydrogens (tertiary/aromatic N) is 1. The van der Waals surface area contributed by atoms with Gasteiger partial charge in [0.2, 0.25) is 5.82 Å². The zero-order valence-corrected chi connectivity index (χ0v) is 7.42. The molecule has 0 heterocycles. The van der Waals surface area contributed by atoms with Gasteiger partial charge in [-0.3, -0.25) is 0 Å². The molecule has 0 radical (unpaired) electrons. The first kappa shape index (κ1) is 11.7. The van der Waals surface area contributed by atoms with Crippen LogP contribution in [-0.4, -0.2) is 10.4 Å². The minimum atomic E-state index is -2.31. The maximum absolute atomic E-state index is 12.8. The van der Waals surface area contributed by atoms with Crippen molar-refractivity contribution in [3.05, 3.63) is 34.6 Å². The van der Waals surface area contributed by atoms with Crippen LogP contribution in [0.25, 0.3) is 0 Å². The van der Waals surface area contributed by atoms with Gasteiger partial charge in [-0.05, 0) is 0 Å². The summed E-state index contributed by atoms with van der Waals surface area (Å²) in [4.78, 5) is 0. The Balaban J connectivity index is 3.67. The van der Waals surface area contributed by atoms with Crippen LogP contribution in [-0.2, 0) is 0 Å². The molecule has 0 saturated carbocycles. The molecule has 15 heavy (non-hydrogen) atoms. The van der Waals surface area contributed by atoms with Crippen LogP contribution in [0.2, 0.25) is 0 Å². The summed E-state index contributed by atoms with van der Waals surface area (Å²) in [6, 6.07) is 0. The normalized spacial score (nSPS) is 12.0. The fourth-order valence-electron chi connectivity index (χ4n) is 0.836. The molecule has 0 saturated heterocycles. The molecule has 1 rings (SSSR count). The molecular formula is C7HClF5NO. The van der Waals surface area contributed by atoms with Crippen molar-refractivity contribution in [1.29, 1.82) is 0 Å². The third kappa shape index (κ3) is 1.74. The van der Waals surface area contributed by atoms with Gasteiger partial charge >= 0.3 is 0 Å². The Morgan fingerprint density at radius 1 is 0.867 bits per heavy atom. The zero-order chi connectivity index (χ0) is 11.7. The molecule has 8 heteroatoms. The van der Waals surface area contributed by atoms with Crippen molar-refractivity contribution >= 4 is 16.8 Å². The molecule has 0 unspecified atom stereocenters. The monoisotopic (exact) mass is 245 g/mol. The van der Waals surface area contributed by atoms with Crippen LogP contribution in [0.15, 0.2) is 5.16 Å². The molecule has 1 aromatic carbocycles. The smallest absolute Gasteiger partial charge is 0.200 e. The Morgan fingerprint density at radius 2 is 1.20 bits per heavy atom. The topological polar surface area (TPSA) is 32.6 Å². The molecule has 0 aliphatic carbocycles. The number of halogens is 6. The van der Waals surface area contributed by atoms with Gasteiger partial charge in [0.25, 0.3) is 0 Å². The third-order valence-corrected chi connectivity index (χ3v) is 1.77. The molecule has 82 valence electrons. The average Bonchev–Trinajstić information content (AvgIpc) is 2.23. The van der Waals surface area contributed by atoms with Crippen molar-refractivity contribution in [2.45, 2.75) is 0 Å². The minimum Gasteiger partial charge on any atom is -0.410 e. The van der Waals surface area contributed by atoms with Crippen LogP contribution in [0.4, 0.5) is 22.0 Å². The van der Waals surface area contributed by atoms with Crippen molar-refractivity contribution in [3.8, 4) is 0 Å². The van der Waals surface area contributed by atoms with Crippen LogP contribution in [0.5, 0.6) is 0 Å². The fraction of sp³-hybridized carbons (Fsp3) is 0. The molecule has 2 nitrogen and oxygen atoms in total. The zero-order valence-electron chi connectivity index (χ0n) is 6.66. The molecule has 0 amide bonds. The molecule has 0 spiro atoms. The van der Waals surface area contributed by atoms with E-state index in [1.807, 2.05) is 0 Å². The first-order valence-electron chi connectivity index (χ1n) is 3.31.